The maximum absolute atomic E-state index is 10.6. The van der Waals surface area contributed by atoms with Crippen LogP contribution in [0.5, 0.6) is 0 Å². The Morgan fingerprint density at radius 1 is 1.91 bits per heavy atom. The second kappa shape index (κ2) is 2.20. The molecule has 0 saturated carbocycles. The highest BCUT2D eigenvalue weighted by molar-refractivity contribution is 5.87. The average Bonchev–Trinajstić information content (AvgIpc) is 2.04. The van der Waals surface area contributed by atoms with Gasteiger partial charge in [0.25, 0.3) is 0 Å². The van der Waals surface area contributed by atoms with E-state index in [0.717, 1.165) is 5.01 Å². The van der Waals surface area contributed by atoms with Crippen molar-refractivity contribution >= 4 is 11.7 Å². The summed E-state index contributed by atoms with van der Waals surface area (Å²) < 4.78 is 0. The van der Waals surface area contributed by atoms with Crippen molar-refractivity contribution in [3.63, 3.8) is 0 Å². The Morgan fingerprint density at radius 3 is 2.64 bits per heavy atom. The van der Waals surface area contributed by atoms with Crippen LogP contribution in [0.25, 0.3) is 0 Å². The lowest BCUT2D eigenvalue weighted by molar-refractivity contribution is -0.0448. The number of nitrogens with two attached hydrogens (primary N) is 1. The molecule has 62 valence electrons. The molecule has 3 N–H and O–H groups in total. The van der Waals surface area contributed by atoms with Crippen LogP contribution >= 0.6 is 0 Å². The van der Waals surface area contributed by atoms with Crippen molar-refractivity contribution < 1.29 is 9.90 Å². The van der Waals surface area contributed by atoms with E-state index in [1.165, 1.54) is 6.92 Å². The van der Waals surface area contributed by atoms with Gasteiger partial charge in [0, 0.05) is 12.1 Å². The van der Waals surface area contributed by atoms with Gasteiger partial charge in [0.15, 0.2) is 5.72 Å². The highest BCUT2D eigenvalue weighted by Gasteiger charge is 2.37. The number of hydrogen-bond acceptors (Lipinski definition) is 3. The van der Waals surface area contributed by atoms with E-state index in [4.69, 9.17) is 5.73 Å². The van der Waals surface area contributed by atoms with Gasteiger partial charge >= 0.3 is 6.03 Å². The summed E-state index contributed by atoms with van der Waals surface area (Å²) in [5.74, 6) is 0. The van der Waals surface area contributed by atoms with Gasteiger partial charge in [-0.1, -0.05) is 0 Å². The van der Waals surface area contributed by atoms with Crippen LogP contribution in [0.15, 0.2) is 5.10 Å². The van der Waals surface area contributed by atoms with Crippen molar-refractivity contribution in [2.45, 2.75) is 26.0 Å². The summed E-state index contributed by atoms with van der Waals surface area (Å²) in [5, 5.41) is 14.2. The molecule has 1 aliphatic rings. The topological polar surface area (TPSA) is 78.9 Å². The monoisotopic (exact) mass is 157 g/mol. The highest BCUT2D eigenvalue weighted by atomic mass is 16.3. The smallest absolute Gasteiger partial charge is 0.337 e. The minimum atomic E-state index is -1.24. The first kappa shape index (κ1) is 8.00. The molecule has 0 aliphatic carbocycles. The Balaban J connectivity index is 2.86. The molecule has 0 radical (unpaired) electrons. The number of hydrogen-bond donors (Lipinski definition) is 2. The number of carbonyl (C=O) groups is 1. The molecular formula is C6H11N3O2. The Kier molecular flexibility index (Phi) is 1.60. The third kappa shape index (κ3) is 1.32. The summed E-state index contributed by atoms with van der Waals surface area (Å²) in [6.07, 6.45) is 0.357. The van der Waals surface area contributed by atoms with Gasteiger partial charge in [0.05, 0.1) is 0 Å². The van der Waals surface area contributed by atoms with Gasteiger partial charge in [-0.05, 0) is 13.8 Å². The van der Waals surface area contributed by atoms with Gasteiger partial charge in [-0.3, -0.25) is 0 Å². The van der Waals surface area contributed by atoms with E-state index in [-0.39, 0.29) is 0 Å². The number of nitrogens with zero attached hydrogens (tertiary/aromatic N) is 2. The average molecular weight is 157 g/mol. The Bertz CT molecular complexity index is 222. The maximum Gasteiger partial charge on any atom is 0.337 e. The zero-order chi connectivity index (χ0) is 8.65. The fraction of sp³-hybridized carbons (Fsp3) is 0.667. The second-order valence-electron chi connectivity index (χ2n) is 2.88. The quantitative estimate of drug-likeness (QED) is 0.513. The Hall–Kier alpha value is -1.10. The largest absolute Gasteiger partial charge is 0.369 e. The van der Waals surface area contributed by atoms with Gasteiger partial charge in [0.2, 0.25) is 0 Å². The van der Waals surface area contributed by atoms with Gasteiger partial charge < -0.3 is 10.8 Å². The molecular weight excluding hydrogens is 146 g/mol. The van der Waals surface area contributed by atoms with Crippen molar-refractivity contribution in [2.24, 2.45) is 10.8 Å². The van der Waals surface area contributed by atoms with Crippen LogP contribution in [-0.2, 0) is 0 Å². The molecule has 1 atom stereocenters. The van der Waals surface area contributed by atoms with E-state index in [0.29, 0.717) is 12.1 Å². The van der Waals surface area contributed by atoms with Crippen LogP contribution in [-0.4, -0.2) is 27.6 Å². The summed E-state index contributed by atoms with van der Waals surface area (Å²) in [6, 6.07) is -0.730. The predicted molar refractivity (Wildman–Crippen MR) is 39.8 cm³/mol. The van der Waals surface area contributed by atoms with E-state index in [2.05, 4.69) is 5.10 Å². The molecule has 0 fully saturated rings. The van der Waals surface area contributed by atoms with Crippen molar-refractivity contribution in [1.82, 2.24) is 5.01 Å². The predicted octanol–water partition coefficient (Wildman–Crippen LogP) is -0.145. The van der Waals surface area contributed by atoms with E-state index >= 15 is 0 Å². The molecule has 1 rings (SSSR count). The van der Waals surface area contributed by atoms with Crippen LogP contribution in [0.1, 0.15) is 20.3 Å². The van der Waals surface area contributed by atoms with Gasteiger partial charge in [-0.25, -0.2) is 4.79 Å². The molecule has 5 nitrogen and oxygen atoms in total. The highest BCUT2D eigenvalue weighted by Crippen LogP contribution is 2.23. The molecule has 0 saturated heterocycles. The van der Waals surface area contributed by atoms with Crippen molar-refractivity contribution in [3.8, 4) is 0 Å². The lowest BCUT2D eigenvalue weighted by Crippen LogP contribution is -2.45. The molecule has 0 aromatic carbocycles. The van der Waals surface area contributed by atoms with Crippen LogP contribution in [0.3, 0.4) is 0 Å². The van der Waals surface area contributed by atoms with Crippen LogP contribution in [0.2, 0.25) is 0 Å². The number of rotatable bonds is 0. The SMILES string of the molecule is CC1=NN(C(N)=O)C(C)(O)C1. The lowest BCUT2D eigenvalue weighted by atomic mass is 10.1. The van der Waals surface area contributed by atoms with Gasteiger partial charge in [-0.2, -0.15) is 10.1 Å². The first-order chi connectivity index (χ1) is 4.93. The number of urea groups is 1. The number of carbonyl (C=O) groups excluding carboxylic acids is 1. The summed E-state index contributed by atoms with van der Waals surface area (Å²) in [5.41, 5.74) is 4.42. The summed E-state index contributed by atoms with van der Waals surface area (Å²) in [7, 11) is 0. The Morgan fingerprint density at radius 2 is 2.45 bits per heavy atom. The fourth-order valence-corrected chi connectivity index (χ4v) is 1.16. The van der Waals surface area contributed by atoms with Crippen molar-refractivity contribution in [3.05, 3.63) is 0 Å². The summed E-state index contributed by atoms with van der Waals surface area (Å²) in [4.78, 5) is 10.6. The normalized spacial score (nSPS) is 30.5. The van der Waals surface area contributed by atoms with Crippen molar-refractivity contribution in [2.75, 3.05) is 0 Å². The molecule has 1 unspecified atom stereocenters. The second-order valence-corrected chi connectivity index (χ2v) is 2.88. The zero-order valence-corrected chi connectivity index (χ0v) is 6.53. The van der Waals surface area contributed by atoms with Crippen LogP contribution in [0, 0.1) is 0 Å². The molecule has 2 amide bonds. The van der Waals surface area contributed by atoms with Gasteiger partial charge in [-0.15, -0.1) is 0 Å². The number of primary amides is 1. The number of amides is 2. The first-order valence-corrected chi connectivity index (χ1v) is 3.29. The van der Waals surface area contributed by atoms with Gasteiger partial charge in [0.1, 0.15) is 0 Å². The molecule has 1 aliphatic heterocycles. The lowest BCUT2D eigenvalue weighted by Gasteiger charge is -2.24. The summed E-state index contributed by atoms with van der Waals surface area (Å²) in [6.45, 7) is 3.23. The first-order valence-electron chi connectivity index (χ1n) is 3.29. The van der Waals surface area contributed by atoms with E-state index < -0.39 is 11.8 Å². The van der Waals surface area contributed by atoms with Crippen LogP contribution in [0.4, 0.5) is 4.79 Å². The van der Waals surface area contributed by atoms with E-state index in [1.807, 2.05) is 0 Å². The standard InChI is InChI=1S/C6H11N3O2/c1-4-3-6(2,11)9(8-4)5(7)10/h11H,3H2,1-2H3,(H2,7,10). The fourth-order valence-electron chi connectivity index (χ4n) is 1.16. The maximum atomic E-state index is 10.6. The molecule has 1 heterocycles. The molecule has 11 heavy (non-hydrogen) atoms. The number of aliphatic hydroxyl groups is 1. The Labute approximate surface area is 64.5 Å². The van der Waals surface area contributed by atoms with Crippen LogP contribution < -0.4 is 5.73 Å². The molecule has 0 bridgehead atoms. The van der Waals surface area contributed by atoms with E-state index in [1.54, 1.807) is 6.92 Å². The summed E-state index contributed by atoms with van der Waals surface area (Å²) >= 11 is 0. The molecule has 0 spiro atoms. The molecule has 0 aromatic heterocycles. The minimum absolute atomic E-state index is 0.357. The molecule has 5 heteroatoms. The molecule has 0 aromatic rings. The van der Waals surface area contributed by atoms with Crippen molar-refractivity contribution in [1.29, 1.82) is 0 Å². The third-order valence-corrected chi connectivity index (χ3v) is 1.53. The van der Waals surface area contributed by atoms with E-state index in [9.17, 15) is 9.90 Å². The minimum Gasteiger partial charge on any atom is -0.369 e. The number of hydrazone groups is 1. The zero-order valence-electron chi connectivity index (χ0n) is 6.53. The third-order valence-electron chi connectivity index (χ3n) is 1.53.